The van der Waals surface area contributed by atoms with Crippen molar-refractivity contribution >= 4 is 35.5 Å². The van der Waals surface area contributed by atoms with Crippen LogP contribution in [0.25, 0.3) is 11.1 Å². The Labute approximate surface area is 240 Å². The molecule has 1 atom stereocenters. The van der Waals surface area contributed by atoms with Crippen LogP contribution >= 0.6 is 11.6 Å². The molecule has 8 nitrogen and oxygen atoms in total. The molecule has 1 heterocycles. The van der Waals surface area contributed by atoms with Crippen LogP contribution in [0.1, 0.15) is 55.8 Å². The second kappa shape index (κ2) is 10.9. The minimum absolute atomic E-state index is 0.0849. The van der Waals surface area contributed by atoms with Gasteiger partial charge in [-0.3, -0.25) is 9.59 Å². The molecule has 0 bridgehead atoms. The first-order valence-corrected chi connectivity index (χ1v) is 13.3. The van der Waals surface area contributed by atoms with Crippen LogP contribution in [0.5, 0.6) is 0 Å². The minimum Gasteiger partial charge on any atom is -0.449 e. The van der Waals surface area contributed by atoms with Crippen LogP contribution in [-0.2, 0) is 14.4 Å². The largest absolute Gasteiger partial charge is 0.449 e. The number of halogens is 1. The summed E-state index contributed by atoms with van der Waals surface area (Å²) in [7, 11) is 0. The fourth-order valence-corrected chi connectivity index (χ4v) is 5.51. The van der Waals surface area contributed by atoms with Gasteiger partial charge in [-0.15, -0.1) is 0 Å². The normalized spacial score (nSPS) is 14.2. The summed E-state index contributed by atoms with van der Waals surface area (Å²) in [5.74, 6) is -2.51. The molecule has 1 aliphatic heterocycles. The molecule has 0 fully saturated rings. The highest BCUT2D eigenvalue weighted by atomic mass is 35.5. The Morgan fingerprint density at radius 3 is 1.93 bits per heavy atom. The van der Waals surface area contributed by atoms with Crippen LogP contribution < -0.4 is 5.32 Å². The van der Waals surface area contributed by atoms with Gasteiger partial charge in [0.2, 0.25) is 0 Å². The summed E-state index contributed by atoms with van der Waals surface area (Å²) in [6.45, 7) is 0.0849. The summed E-state index contributed by atoms with van der Waals surface area (Å²) >= 11 is 6.17. The smallest absolute Gasteiger partial charge is 0.407 e. The average molecular weight is 567 g/mol. The highest BCUT2D eigenvalue weighted by Crippen LogP contribution is 2.44. The van der Waals surface area contributed by atoms with Crippen molar-refractivity contribution < 1.29 is 28.8 Å². The van der Waals surface area contributed by atoms with E-state index < -0.39 is 36.3 Å². The number of hydroxylamine groups is 2. The standard InChI is InChI=1S/C32H23ClN2O6/c33-20-9-7-8-19(16-20)28(17-29(36)41-35-30(37)25-14-5-6-15-26(25)31(35)38)34-32(39)40-18-27-23-12-3-1-10-21(23)22-11-2-4-13-24(22)27/h1-16,27-28H,17-18H2,(H,34,39). The first-order valence-electron chi connectivity index (χ1n) is 13.0. The summed E-state index contributed by atoms with van der Waals surface area (Å²) in [6, 6.07) is 27.9. The zero-order chi connectivity index (χ0) is 28.5. The van der Waals surface area contributed by atoms with Crippen molar-refractivity contribution in [3.8, 4) is 11.1 Å². The summed E-state index contributed by atoms with van der Waals surface area (Å²) in [4.78, 5) is 56.4. The van der Waals surface area contributed by atoms with Gasteiger partial charge in [-0.25, -0.2) is 9.59 Å². The van der Waals surface area contributed by atoms with Gasteiger partial charge in [0.15, 0.2) is 0 Å². The van der Waals surface area contributed by atoms with E-state index in [1.165, 1.54) is 12.1 Å². The van der Waals surface area contributed by atoms with E-state index in [1.54, 1.807) is 36.4 Å². The number of hydrogen-bond donors (Lipinski definition) is 1. The lowest BCUT2D eigenvalue weighted by molar-refractivity contribution is -0.169. The van der Waals surface area contributed by atoms with Gasteiger partial charge in [0.05, 0.1) is 23.6 Å². The molecule has 0 saturated heterocycles. The van der Waals surface area contributed by atoms with Crippen molar-refractivity contribution in [2.45, 2.75) is 18.4 Å². The maximum Gasteiger partial charge on any atom is 0.407 e. The van der Waals surface area contributed by atoms with Gasteiger partial charge in [0, 0.05) is 10.9 Å². The molecule has 4 aromatic carbocycles. The van der Waals surface area contributed by atoms with Crippen LogP contribution in [0.2, 0.25) is 5.02 Å². The quantitative estimate of drug-likeness (QED) is 0.273. The highest BCUT2D eigenvalue weighted by Gasteiger charge is 2.39. The molecule has 2 aliphatic rings. The van der Waals surface area contributed by atoms with Gasteiger partial charge < -0.3 is 14.9 Å². The average Bonchev–Trinajstić information content (AvgIpc) is 3.43. The van der Waals surface area contributed by atoms with Gasteiger partial charge in [-0.1, -0.05) is 89.5 Å². The molecule has 204 valence electrons. The molecule has 0 radical (unpaired) electrons. The topological polar surface area (TPSA) is 102 Å². The fourth-order valence-electron chi connectivity index (χ4n) is 5.31. The summed E-state index contributed by atoms with van der Waals surface area (Å²) in [5, 5.41) is 3.56. The molecule has 1 N–H and O–H groups in total. The molecule has 41 heavy (non-hydrogen) atoms. The molecule has 3 amide bonds. The van der Waals surface area contributed by atoms with E-state index in [0.717, 1.165) is 22.3 Å². The van der Waals surface area contributed by atoms with E-state index >= 15 is 0 Å². The number of benzene rings is 4. The Bertz CT molecular complexity index is 1620. The van der Waals surface area contributed by atoms with E-state index in [2.05, 4.69) is 5.32 Å². The van der Waals surface area contributed by atoms with Crippen LogP contribution in [-0.4, -0.2) is 35.5 Å². The molecule has 4 aromatic rings. The van der Waals surface area contributed by atoms with E-state index in [-0.39, 0.29) is 23.7 Å². The second-order valence-electron chi connectivity index (χ2n) is 9.70. The van der Waals surface area contributed by atoms with Crippen molar-refractivity contribution in [2.75, 3.05) is 6.61 Å². The lowest BCUT2D eigenvalue weighted by Crippen LogP contribution is -2.36. The molecular formula is C32H23ClN2O6. The zero-order valence-corrected chi connectivity index (χ0v) is 22.3. The van der Waals surface area contributed by atoms with Crippen LogP contribution in [0.4, 0.5) is 4.79 Å². The SMILES string of the molecule is O=C(CC(NC(=O)OCC1c2ccccc2-c2ccccc21)c1cccc(Cl)c1)ON1C(=O)c2ccccc2C1=O. The predicted molar refractivity (Wildman–Crippen MR) is 150 cm³/mol. The highest BCUT2D eigenvalue weighted by molar-refractivity contribution is 6.30. The molecule has 1 aliphatic carbocycles. The Balaban J connectivity index is 1.15. The van der Waals surface area contributed by atoms with E-state index in [1.807, 2.05) is 48.5 Å². The van der Waals surface area contributed by atoms with Gasteiger partial charge in [0.25, 0.3) is 11.8 Å². The number of carbonyl (C=O) groups excluding carboxylic acids is 4. The monoisotopic (exact) mass is 566 g/mol. The summed E-state index contributed by atoms with van der Waals surface area (Å²) in [5.41, 5.74) is 5.15. The number of carbonyl (C=O) groups is 4. The first kappa shape index (κ1) is 26.3. The number of amides is 3. The number of ether oxygens (including phenoxy) is 1. The molecule has 6 rings (SSSR count). The number of nitrogens with zero attached hydrogens (tertiary/aromatic N) is 1. The molecule has 0 saturated carbocycles. The maximum absolute atomic E-state index is 13.0. The number of hydrogen-bond acceptors (Lipinski definition) is 6. The number of nitrogens with one attached hydrogen (secondary N) is 1. The number of fused-ring (bicyclic) bond motifs is 4. The Kier molecular flexibility index (Phi) is 6.99. The van der Waals surface area contributed by atoms with Gasteiger partial charge in [0.1, 0.15) is 6.61 Å². The van der Waals surface area contributed by atoms with Crippen LogP contribution in [0.3, 0.4) is 0 Å². The Morgan fingerprint density at radius 1 is 0.780 bits per heavy atom. The molecule has 9 heteroatoms. The second-order valence-corrected chi connectivity index (χ2v) is 10.1. The molecule has 0 aromatic heterocycles. The lowest BCUT2D eigenvalue weighted by Gasteiger charge is -2.21. The van der Waals surface area contributed by atoms with Gasteiger partial charge >= 0.3 is 12.1 Å². The number of rotatable bonds is 7. The third kappa shape index (κ3) is 5.05. The van der Waals surface area contributed by atoms with E-state index in [4.69, 9.17) is 21.2 Å². The predicted octanol–water partition coefficient (Wildman–Crippen LogP) is 6.06. The summed E-state index contributed by atoms with van der Waals surface area (Å²) in [6.07, 6.45) is -1.14. The number of alkyl carbamates (subject to hydrolysis) is 1. The van der Waals surface area contributed by atoms with Crippen LogP contribution in [0, 0.1) is 0 Å². The molecular weight excluding hydrogens is 544 g/mol. The zero-order valence-electron chi connectivity index (χ0n) is 21.6. The van der Waals surface area contributed by atoms with Crippen molar-refractivity contribution in [3.05, 3.63) is 130 Å². The van der Waals surface area contributed by atoms with Gasteiger partial charge in [-0.2, -0.15) is 0 Å². The minimum atomic E-state index is -0.910. The van der Waals surface area contributed by atoms with E-state index in [0.29, 0.717) is 15.6 Å². The van der Waals surface area contributed by atoms with Gasteiger partial charge in [-0.05, 0) is 52.1 Å². The van der Waals surface area contributed by atoms with E-state index in [9.17, 15) is 19.2 Å². The lowest BCUT2D eigenvalue weighted by atomic mass is 9.98. The first-order chi connectivity index (χ1) is 19.9. The Morgan fingerprint density at radius 2 is 1.34 bits per heavy atom. The third-order valence-electron chi connectivity index (χ3n) is 7.21. The Hall–Kier alpha value is -4.95. The molecule has 0 spiro atoms. The number of imide groups is 1. The summed E-state index contributed by atoms with van der Waals surface area (Å²) < 4.78 is 5.66. The maximum atomic E-state index is 13.0. The van der Waals surface area contributed by atoms with Crippen LogP contribution in [0.15, 0.2) is 97.1 Å². The third-order valence-corrected chi connectivity index (χ3v) is 7.44. The van der Waals surface area contributed by atoms with Crippen molar-refractivity contribution in [3.63, 3.8) is 0 Å². The fraction of sp³-hybridized carbons (Fsp3) is 0.125. The van der Waals surface area contributed by atoms with Crippen molar-refractivity contribution in [1.29, 1.82) is 0 Å². The molecule has 1 unspecified atom stereocenters. The van der Waals surface area contributed by atoms with Crippen molar-refractivity contribution in [2.24, 2.45) is 0 Å². The van der Waals surface area contributed by atoms with Crippen molar-refractivity contribution in [1.82, 2.24) is 10.4 Å².